The fourth-order valence-electron chi connectivity index (χ4n) is 3.15. The van der Waals surface area contributed by atoms with Crippen molar-refractivity contribution in [1.29, 1.82) is 0 Å². The Morgan fingerprint density at radius 1 is 1.00 bits per heavy atom. The first-order chi connectivity index (χ1) is 14.5. The van der Waals surface area contributed by atoms with Gasteiger partial charge in [0.1, 0.15) is 0 Å². The Morgan fingerprint density at radius 2 is 1.65 bits per heavy atom. The predicted octanol–water partition coefficient (Wildman–Crippen LogP) is 2.43. The maximum Gasteiger partial charge on any atom is 0.336 e. The number of hydrogen-bond acceptors (Lipinski definition) is 6. The van der Waals surface area contributed by atoms with E-state index in [1.54, 1.807) is 25.1 Å². The number of carbonyl (C=O) groups excluding carboxylic acids is 1. The largest absolute Gasteiger partial charge is 0.478 e. The summed E-state index contributed by atoms with van der Waals surface area (Å²) in [7, 11) is -3.86. The van der Waals surface area contributed by atoms with E-state index in [1.807, 2.05) is 0 Å². The number of hydrogen-bond donors (Lipinski definition) is 5. The molecule has 0 aromatic heterocycles. The molecule has 1 amide bonds. The first kappa shape index (κ1) is 21.8. The number of anilines is 3. The molecule has 3 aromatic carbocycles. The third kappa shape index (κ3) is 4.49. The maximum absolute atomic E-state index is 11.9. The molecule has 0 aliphatic rings. The average molecular weight is 440 g/mol. The number of primary sulfonamides is 1. The van der Waals surface area contributed by atoms with Gasteiger partial charge in [-0.05, 0) is 54.4 Å². The Bertz CT molecular complexity index is 1300. The fraction of sp³-hybridized carbons (Fsp3) is 0.0476. The molecule has 10 heteroatoms. The Kier molecular flexibility index (Phi) is 5.69. The van der Waals surface area contributed by atoms with Gasteiger partial charge in [0.05, 0.1) is 21.7 Å². The highest BCUT2D eigenvalue weighted by Gasteiger charge is 2.16. The summed E-state index contributed by atoms with van der Waals surface area (Å²) in [4.78, 5) is 23.3. The van der Waals surface area contributed by atoms with E-state index < -0.39 is 21.9 Å². The van der Waals surface area contributed by atoms with Gasteiger partial charge in [0.25, 0.3) is 5.91 Å². The number of nitrogen functional groups attached to an aromatic ring is 1. The Balaban J connectivity index is 2.12. The van der Waals surface area contributed by atoms with E-state index in [0.717, 1.165) is 0 Å². The second-order valence-corrected chi connectivity index (χ2v) is 8.39. The highest BCUT2D eigenvalue weighted by atomic mass is 32.2. The average Bonchev–Trinajstić information content (AvgIpc) is 2.69. The quantitative estimate of drug-likeness (QED) is 0.365. The van der Waals surface area contributed by atoms with Gasteiger partial charge in [-0.25, -0.2) is 18.4 Å². The maximum atomic E-state index is 11.9. The monoisotopic (exact) mass is 440 g/mol. The van der Waals surface area contributed by atoms with E-state index in [2.05, 4.69) is 5.32 Å². The van der Waals surface area contributed by atoms with Crippen LogP contribution in [0.25, 0.3) is 11.1 Å². The van der Waals surface area contributed by atoms with Gasteiger partial charge in [-0.2, -0.15) is 0 Å². The van der Waals surface area contributed by atoms with Gasteiger partial charge in [0.15, 0.2) is 0 Å². The van der Waals surface area contributed by atoms with Crippen LogP contribution >= 0.6 is 0 Å². The summed E-state index contributed by atoms with van der Waals surface area (Å²) in [5.74, 6) is -1.81. The van der Waals surface area contributed by atoms with E-state index in [1.165, 1.54) is 36.4 Å². The Labute approximate surface area is 178 Å². The van der Waals surface area contributed by atoms with Crippen molar-refractivity contribution in [2.75, 3.05) is 11.1 Å². The number of aromatic carboxylic acids is 1. The van der Waals surface area contributed by atoms with Crippen LogP contribution in [0, 0.1) is 6.92 Å². The lowest BCUT2D eigenvalue weighted by atomic mass is 9.98. The second-order valence-electron chi connectivity index (χ2n) is 6.83. The molecule has 8 N–H and O–H groups in total. The minimum Gasteiger partial charge on any atom is -0.478 e. The molecule has 160 valence electrons. The lowest BCUT2D eigenvalue weighted by Crippen LogP contribution is -2.15. The van der Waals surface area contributed by atoms with E-state index >= 15 is 0 Å². The Hall–Kier alpha value is -3.89. The topological polar surface area (TPSA) is 179 Å². The number of sulfonamides is 1. The standard InChI is InChI=1S/C21H20N4O5S/c1-11-15(21(27)28)3-2-4-18(11)25-13-9-16(19(22)17(10-13)20(23)26)12-5-7-14(8-6-12)31(24,29)30/h2-10,25H,22H2,1H3,(H2,23,26)(H,27,28)(H2,24,29,30). The molecular weight excluding hydrogens is 420 g/mol. The molecular formula is C21H20N4O5S. The number of benzene rings is 3. The van der Waals surface area contributed by atoms with Gasteiger partial charge in [0.2, 0.25) is 10.0 Å². The van der Waals surface area contributed by atoms with Crippen LogP contribution in [0.2, 0.25) is 0 Å². The van der Waals surface area contributed by atoms with Gasteiger partial charge in [-0.1, -0.05) is 18.2 Å². The minimum absolute atomic E-state index is 0.0579. The third-order valence-electron chi connectivity index (χ3n) is 4.78. The number of carboxylic acid groups (broad SMARTS) is 1. The molecule has 0 spiro atoms. The lowest BCUT2D eigenvalue weighted by molar-refractivity contribution is 0.0696. The summed E-state index contributed by atoms with van der Waals surface area (Å²) < 4.78 is 23.0. The van der Waals surface area contributed by atoms with Gasteiger partial charge < -0.3 is 21.9 Å². The van der Waals surface area contributed by atoms with E-state index in [4.69, 9.17) is 16.6 Å². The first-order valence-electron chi connectivity index (χ1n) is 8.95. The Morgan fingerprint density at radius 3 is 2.19 bits per heavy atom. The zero-order valence-corrected chi connectivity index (χ0v) is 17.2. The van der Waals surface area contributed by atoms with Gasteiger partial charge in [-0.3, -0.25) is 4.79 Å². The molecule has 0 radical (unpaired) electrons. The summed E-state index contributed by atoms with van der Waals surface area (Å²) in [6.45, 7) is 1.66. The van der Waals surface area contributed by atoms with Crippen LogP contribution in [-0.2, 0) is 10.0 Å². The SMILES string of the molecule is Cc1c(Nc2cc(C(N)=O)c(N)c(-c3ccc(S(N)(=O)=O)cc3)c2)cccc1C(=O)O. The zero-order valence-electron chi connectivity index (χ0n) is 16.4. The molecule has 0 saturated carbocycles. The second kappa shape index (κ2) is 8.09. The number of rotatable bonds is 6. The van der Waals surface area contributed by atoms with Crippen LogP contribution in [0.3, 0.4) is 0 Å². The van der Waals surface area contributed by atoms with Crippen molar-refractivity contribution in [2.45, 2.75) is 11.8 Å². The van der Waals surface area contributed by atoms with Crippen molar-refractivity contribution < 1.29 is 23.1 Å². The molecule has 3 rings (SSSR count). The van der Waals surface area contributed by atoms with Crippen molar-refractivity contribution in [3.63, 3.8) is 0 Å². The first-order valence-corrected chi connectivity index (χ1v) is 10.5. The highest BCUT2D eigenvalue weighted by molar-refractivity contribution is 7.89. The summed E-state index contributed by atoms with van der Waals surface area (Å²) in [6.07, 6.45) is 0. The van der Waals surface area contributed by atoms with Crippen LogP contribution in [0.4, 0.5) is 17.1 Å². The smallest absolute Gasteiger partial charge is 0.336 e. The predicted molar refractivity (Wildman–Crippen MR) is 118 cm³/mol. The van der Waals surface area contributed by atoms with Crippen LogP contribution in [0.5, 0.6) is 0 Å². The highest BCUT2D eigenvalue weighted by Crippen LogP contribution is 2.34. The van der Waals surface area contributed by atoms with Gasteiger partial charge in [-0.15, -0.1) is 0 Å². The van der Waals surface area contributed by atoms with Crippen molar-refractivity contribution in [2.24, 2.45) is 10.9 Å². The molecule has 0 heterocycles. The van der Waals surface area contributed by atoms with Crippen LogP contribution in [0.1, 0.15) is 26.3 Å². The zero-order chi connectivity index (χ0) is 22.9. The molecule has 0 fully saturated rings. The third-order valence-corrected chi connectivity index (χ3v) is 5.71. The number of amides is 1. The fourth-order valence-corrected chi connectivity index (χ4v) is 3.67. The molecule has 0 unspecified atom stereocenters. The van der Waals surface area contributed by atoms with Crippen molar-refractivity contribution in [1.82, 2.24) is 0 Å². The van der Waals surface area contributed by atoms with Gasteiger partial charge in [0, 0.05) is 16.9 Å². The number of primary amides is 1. The van der Waals surface area contributed by atoms with E-state index in [0.29, 0.717) is 28.1 Å². The number of nitrogens with one attached hydrogen (secondary N) is 1. The molecule has 9 nitrogen and oxygen atoms in total. The van der Waals surface area contributed by atoms with E-state index in [-0.39, 0.29) is 21.7 Å². The van der Waals surface area contributed by atoms with Crippen LogP contribution in [0.15, 0.2) is 59.5 Å². The number of carboxylic acids is 1. The molecule has 0 saturated heterocycles. The molecule has 0 aliphatic carbocycles. The normalized spacial score (nSPS) is 11.2. The minimum atomic E-state index is -3.86. The summed E-state index contributed by atoms with van der Waals surface area (Å²) >= 11 is 0. The molecule has 31 heavy (non-hydrogen) atoms. The lowest BCUT2D eigenvalue weighted by Gasteiger charge is -2.16. The molecule has 3 aromatic rings. The van der Waals surface area contributed by atoms with Crippen molar-refractivity contribution in [3.8, 4) is 11.1 Å². The molecule has 0 aliphatic heterocycles. The molecule has 0 bridgehead atoms. The van der Waals surface area contributed by atoms with Crippen LogP contribution < -0.4 is 21.9 Å². The number of nitrogens with two attached hydrogens (primary N) is 3. The summed E-state index contributed by atoms with van der Waals surface area (Å²) in [5, 5.41) is 17.5. The van der Waals surface area contributed by atoms with Crippen LogP contribution in [-0.4, -0.2) is 25.4 Å². The summed E-state index contributed by atoms with van der Waals surface area (Å²) in [6, 6.07) is 13.6. The summed E-state index contributed by atoms with van der Waals surface area (Å²) in [5.41, 5.74) is 14.4. The molecule has 0 atom stereocenters. The van der Waals surface area contributed by atoms with Crippen molar-refractivity contribution >= 4 is 39.0 Å². The van der Waals surface area contributed by atoms with Gasteiger partial charge >= 0.3 is 5.97 Å². The van der Waals surface area contributed by atoms with Crippen molar-refractivity contribution in [3.05, 3.63) is 71.3 Å². The van der Waals surface area contributed by atoms with E-state index in [9.17, 15) is 23.1 Å². The number of carbonyl (C=O) groups is 2.